The Morgan fingerprint density at radius 2 is 2.10 bits per heavy atom. The Balaban J connectivity index is 2.27. The zero-order valence-corrected chi connectivity index (χ0v) is 6.59. The lowest BCUT2D eigenvalue weighted by Gasteiger charge is -2.16. The molecule has 10 heavy (non-hydrogen) atoms. The molecule has 1 aliphatic rings. The van der Waals surface area contributed by atoms with Gasteiger partial charge in [-0.2, -0.15) is 0 Å². The van der Waals surface area contributed by atoms with E-state index in [0.29, 0.717) is 0 Å². The quantitative estimate of drug-likeness (QED) is 0.607. The molecular formula is C7H15NO2. The van der Waals surface area contributed by atoms with Gasteiger partial charge in [0.1, 0.15) is 0 Å². The van der Waals surface area contributed by atoms with Gasteiger partial charge in [-0.05, 0) is 6.92 Å². The van der Waals surface area contributed by atoms with Gasteiger partial charge < -0.3 is 14.8 Å². The largest absolute Gasteiger partial charge is 0.377 e. The van der Waals surface area contributed by atoms with Crippen molar-refractivity contribution >= 4 is 0 Å². The maximum Gasteiger partial charge on any atom is 0.0972 e. The Bertz CT molecular complexity index is 97.6. The predicted octanol–water partition coefficient (Wildman–Crippen LogP) is 0.00970. The van der Waals surface area contributed by atoms with Crippen molar-refractivity contribution in [2.24, 2.45) is 0 Å². The van der Waals surface area contributed by atoms with E-state index in [4.69, 9.17) is 9.47 Å². The van der Waals surface area contributed by atoms with E-state index >= 15 is 0 Å². The maximum absolute atomic E-state index is 5.42. The van der Waals surface area contributed by atoms with Crippen LogP contribution in [0.3, 0.4) is 0 Å². The molecule has 1 heterocycles. The molecule has 1 rings (SSSR count). The second-order valence-electron chi connectivity index (χ2n) is 2.43. The highest BCUT2D eigenvalue weighted by molar-refractivity contribution is 4.82. The molecule has 3 heteroatoms. The van der Waals surface area contributed by atoms with E-state index in [1.54, 1.807) is 7.11 Å². The molecule has 0 aromatic heterocycles. The van der Waals surface area contributed by atoms with Gasteiger partial charge in [-0.1, -0.05) is 0 Å². The van der Waals surface area contributed by atoms with Crippen molar-refractivity contribution in [2.45, 2.75) is 19.1 Å². The maximum atomic E-state index is 5.42. The molecule has 2 atom stereocenters. The van der Waals surface area contributed by atoms with E-state index in [-0.39, 0.29) is 12.2 Å². The number of nitrogens with one attached hydrogen (secondary N) is 1. The van der Waals surface area contributed by atoms with Gasteiger partial charge in [0, 0.05) is 26.8 Å². The van der Waals surface area contributed by atoms with E-state index in [1.165, 1.54) is 0 Å². The first-order valence-corrected chi connectivity index (χ1v) is 3.73. The average Bonchev–Trinajstić information content (AvgIpc) is 2.36. The van der Waals surface area contributed by atoms with Crippen LogP contribution in [0.5, 0.6) is 0 Å². The van der Waals surface area contributed by atoms with Gasteiger partial charge in [0.2, 0.25) is 0 Å². The molecule has 1 fully saturated rings. The topological polar surface area (TPSA) is 30.5 Å². The van der Waals surface area contributed by atoms with Crippen LogP contribution in [-0.4, -0.2) is 39.0 Å². The minimum atomic E-state index is 0.250. The van der Waals surface area contributed by atoms with Gasteiger partial charge in [0.15, 0.2) is 0 Å². The van der Waals surface area contributed by atoms with E-state index in [0.717, 1.165) is 19.7 Å². The summed E-state index contributed by atoms with van der Waals surface area (Å²) in [5.41, 5.74) is 0. The number of methoxy groups -OCH3 is 1. The minimum absolute atomic E-state index is 0.250. The van der Waals surface area contributed by atoms with Crippen molar-refractivity contribution in [1.29, 1.82) is 0 Å². The Morgan fingerprint density at radius 1 is 1.40 bits per heavy atom. The molecule has 0 unspecified atom stereocenters. The second-order valence-corrected chi connectivity index (χ2v) is 2.43. The van der Waals surface area contributed by atoms with Crippen LogP contribution in [0.4, 0.5) is 0 Å². The molecule has 0 saturated carbocycles. The highest BCUT2D eigenvalue weighted by Gasteiger charge is 2.26. The molecule has 0 bridgehead atoms. The van der Waals surface area contributed by atoms with Gasteiger partial charge in [0.05, 0.1) is 12.2 Å². The standard InChI is InChI=1S/C7H15NO2/c1-3-10-7-5-8-4-6(7)9-2/h6-8H,3-5H2,1-2H3/t6-,7+/m1/s1. The van der Waals surface area contributed by atoms with Crippen molar-refractivity contribution in [2.75, 3.05) is 26.8 Å². The van der Waals surface area contributed by atoms with Gasteiger partial charge in [-0.25, -0.2) is 0 Å². The average molecular weight is 145 g/mol. The molecule has 0 aliphatic carbocycles. The summed E-state index contributed by atoms with van der Waals surface area (Å²) in [5.74, 6) is 0. The molecule has 0 aromatic carbocycles. The molecule has 60 valence electrons. The lowest BCUT2D eigenvalue weighted by atomic mass is 10.2. The Labute approximate surface area is 61.7 Å². The smallest absolute Gasteiger partial charge is 0.0972 e. The summed E-state index contributed by atoms with van der Waals surface area (Å²) in [5, 5.41) is 3.21. The summed E-state index contributed by atoms with van der Waals surface area (Å²) in [6.07, 6.45) is 0.509. The number of hydrogen-bond donors (Lipinski definition) is 1. The molecule has 3 nitrogen and oxygen atoms in total. The first-order valence-electron chi connectivity index (χ1n) is 3.73. The molecule has 0 aromatic rings. The summed E-state index contributed by atoms with van der Waals surface area (Å²) >= 11 is 0. The van der Waals surface area contributed by atoms with E-state index in [1.807, 2.05) is 6.92 Å². The van der Waals surface area contributed by atoms with Crippen LogP contribution in [0.1, 0.15) is 6.92 Å². The van der Waals surface area contributed by atoms with Crippen molar-refractivity contribution in [1.82, 2.24) is 5.32 Å². The summed E-state index contributed by atoms with van der Waals surface area (Å²) in [4.78, 5) is 0. The van der Waals surface area contributed by atoms with E-state index < -0.39 is 0 Å². The van der Waals surface area contributed by atoms with Crippen molar-refractivity contribution in [3.63, 3.8) is 0 Å². The summed E-state index contributed by atoms with van der Waals surface area (Å²) in [6, 6.07) is 0. The lowest BCUT2D eigenvalue weighted by Crippen LogP contribution is -2.28. The second kappa shape index (κ2) is 3.91. The van der Waals surface area contributed by atoms with Crippen molar-refractivity contribution < 1.29 is 9.47 Å². The third-order valence-electron chi connectivity index (χ3n) is 1.79. The first-order chi connectivity index (χ1) is 4.88. The molecule has 0 amide bonds. The highest BCUT2D eigenvalue weighted by Crippen LogP contribution is 2.07. The molecule has 1 aliphatic heterocycles. The van der Waals surface area contributed by atoms with Crippen LogP contribution >= 0.6 is 0 Å². The highest BCUT2D eigenvalue weighted by atomic mass is 16.5. The van der Waals surface area contributed by atoms with Gasteiger partial charge in [-0.3, -0.25) is 0 Å². The number of hydrogen-bond acceptors (Lipinski definition) is 3. The Hall–Kier alpha value is -0.120. The van der Waals surface area contributed by atoms with Crippen molar-refractivity contribution in [3.05, 3.63) is 0 Å². The van der Waals surface area contributed by atoms with Crippen LogP contribution in [-0.2, 0) is 9.47 Å². The van der Waals surface area contributed by atoms with E-state index in [2.05, 4.69) is 5.32 Å². The zero-order valence-electron chi connectivity index (χ0n) is 6.59. The third-order valence-corrected chi connectivity index (χ3v) is 1.79. The summed E-state index contributed by atoms with van der Waals surface area (Å²) < 4.78 is 10.6. The minimum Gasteiger partial charge on any atom is -0.377 e. The first kappa shape index (κ1) is 7.98. The van der Waals surface area contributed by atoms with Gasteiger partial charge in [-0.15, -0.1) is 0 Å². The van der Waals surface area contributed by atoms with Crippen LogP contribution < -0.4 is 5.32 Å². The number of rotatable bonds is 3. The molecule has 0 spiro atoms. The van der Waals surface area contributed by atoms with Crippen LogP contribution in [0.25, 0.3) is 0 Å². The molecule has 1 saturated heterocycles. The zero-order chi connectivity index (χ0) is 7.40. The summed E-state index contributed by atoms with van der Waals surface area (Å²) in [6.45, 7) is 4.62. The van der Waals surface area contributed by atoms with Crippen molar-refractivity contribution in [3.8, 4) is 0 Å². The predicted molar refractivity (Wildman–Crippen MR) is 39.1 cm³/mol. The lowest BCUT2D eigenvalue weighted by molar-refractivity contribution is -0.0232. The van der Waals surface area contributed by atoms with E-state index in [9.17, 15) is 0 Å². The van der Waals surface area contributed by atoms with Crippen LogP contribution in [0, 0.1) is 0 Å². The van der Waals surface area contributed by atoms with Crippen LogP contribution in [0.15, 0.2) is 0 Å². The third kappa shape index (κ3) is 1.68. The number of ether oxygens (including phenoxy) is 2. The molecular weight excluding hydrogens is 130 g/mol. The van der Waals surface area contributed by atoms with Crippen LogP contribution in [0.2, 0.25) is 0 Å². The van der Waals surface area contributed by atoms with Gasteiger partial charge >= 0.3 is 0 Å². The monoisotopic (exact) mass is 145 g/mol. The molecule has 1 N–H and O–H groups in total. The Morgan fingerprint density at radius 3 is 2.70 bits per heavy atom. The fourth-order valence-electron chi connectivity index (χ4n) is 1.25. The SMILES string of the molecule is CCO[C@H]1CNC[C@H]1OC. The fraction of sp³-hybridized carbons (Fsp3) is 1.00. The fourth-order valence-corrected chi connectivity index (χ4v) is 1.25. The summed E-state index contributed by atoms with van der Waals surface area (Å²) in [7, 11) is 1.73. The Kier molecular flexibility index (Phi) is 3.12. The van der Waals surface area contributed by atoms with Gasteiger partial charge in [0.25, 0.3) is 0 Å². The normalized spacial score (nSPS) is 33.0. The molecule has 0 radical (unpaired) electrons.